The molecule has 1 atom stereocenters. The molecule has 12 nitrogen and oxygen atoms in total. The number of ether oxygens (including phenoxy) is 3. The van der Waals surface area contributed by atoms with Crippen molar-refractivity contribution < 1.29 is 23.8 Å². The van der Waals surface area contributed by atoms with Crippen LogP contribution in [0.2, 0.25) is 0 Å². The number of urea groups is 1. The van der Waals surface area contributed by atoms with Crippen LogP contribution in [0.5, 0.6) is 5.75 Å². The van der Waals surface area contributed by atoms with Gasteiger partial charge in [0.15, 0.2) is 11.0 Å². The molecule has 0 radical (unpaired) electrons. The number of rotatable bonds is 11. The maximum Gasteiger partial charge on any atom is 0.338 e. The van der Waals surface area contributed by atoms with Crippen LogP contribution in [0, 0.1) is 0 Å². The lowest BCUT2D eigenvalue weighted by atomic mass is 9.94. The summed E-state index contributed by atoms with van der Waals surface area (Å²) in [5.41, 5.74) is 3.17. The minimum absolute atomic E-state index is 0.199. The Labute approximate surface area is 230 Å². The molecule has 206 valence electrons. The largest absolute Gasteiger partial charge is 0.496 e. The van der Waals surface area contributed by atoms with E-state index in [1.165, 1.54) is 11.8 Å². The molecule has 0 bridgehead atoms. The van der Waals surface area contributed by atoms with Crippen LogP contribution >= 0.6 is 11.8 Å². The highest BCUT2D eigenvalue weighted by Crippen LogP contribution is 2.41. The van der Waals surface area contributed by atoms with Gasteiger partial charge in [0, 0.05) is 43.4 Å². The second-order valence-corrected chi connectivity index (χ2v) is 10.1. The van der Waals surface area contributed by atoms with E-state index in [0.717, 1.165) is 29.9 Å². The van der Waals surface area contributed by atoms with Crippen molar-refractivity contribution in [3.63, 3.8) is 0 Å². The number of esters is 1. The van der Waals surface area contributed by atoms with Crippen molar-refractivity contribution in [1.29, 1.82) is 0 Å². The smallest absolute Gasteiger partial charge is 0.338 e. The minimum atomic E-state index is -0.721. The molecule has 39 heavy (non-hydrogen) atoms. The molecule has 0 spiro atoms. The summed E-state index contributed by atoms with van der Waals surface area (Å²) in [4.78, 5) is 26.1. The van der Waals surface area contributed by atoms with Gasteiger partial charge in [-0.05, 0) is 43.5 Å². The van der Waals surface area contributed by atoms with Gasteiger partial charge in [0.2, 0.25) is 0 Å². The fourth-order valence-electron chi connectivity index (χ4n) is 4.62. The van der Waals surface area contributed by atoms with Gasteiger partial charge in [0.1, 0.15) is 11.4 Å². The number of hydrogen-bond donors (Lipinski definition) is 2. The van der Waals surface area contributed by atoms with Gasteiger partial charge in [0.05, 0.1) is 31.9 Å². The highest BCUT2D eigenvalue weighted by atomic mass is 32.2. The molecule has 1 aliphatic carbocycles. The molecule has 2 aliphatic rings. The second kappa shape index (κ2) is 11.5. The Kier molecular flexibility index (Phi) is 7.89. The van der Waals surface area contributed by atoms with Crippen molar-refractivity contribution in [2.24, 2.45) is 7.05 Å². The first-order valence-electron chi connectivity index (χ1n) is 12.6. The van der Waals surface area contributed by atoms with Crippen LogP contribution in [0.25, 0.3) is 11.5 Å². The average Bonchev–Trinajstić information content (AvgIpc) is 3.54. The van der Waals surface area contributed by atoms with Crippen LogP contribution in [0.3, 0.4) is 0 Å². The number of aryl methyl sites for hydroxylation is 1. The average molecular weight is 554 g/mol. The molecule has 1 aliphatic heterocycles. The zero-order chi connectivity index (χ0) is 27.5. The predicted octanol–water partition coefficient (Wildman–Crippen LogP) is 3.13. The molecular weight excluding hydrogens is 522 g/mol. The van der Waals surface area contributed by atoms with Crippen LogP contribution in [-0.2, 0) is 27.9 Å². The summed E-state index contributed by atoms with van der Waals surface area (Å²) in [5, 5.41) is 19.6. The van der Waals surface area contributed by atoms with E-state index in [4.69, 9.17) is 14.2 Å². The predicted molar refractivity (Wildman–Crippen MR) is 143 cm³/mol. The number of methoxy groups -OCH3 is 2. The molecule has 13 heteroatoms. The fourth-order valence-corrected chi connectivity index (χ4v) is 5.59. The number of thioether (sulfide) groups is 1. The van der Waals surface area contributed by atoms with Crippen molar-refractivity contribution in [2.75, 3.05) is 26.6 Å². The summed E-state index contributed by atoms with van der Waals surface area (Å²) in [7, 11) is 5.05. The van der Waals surface area contributed by atoms with E-state index in [2.05, 4.69) is 30.5 Å². The second-order valence-electron chi connectivity index (χ2n) is 9.18. The van der Waals surface area contributed by atoms with Gasteiger partial charge in [-0.1, -0.05) is 17.8 Å². The van der Waals surface area contributed by atoms with Crippen LogP contribution in [0.1, 0.15) is 43.0 Å². The van der Waals surface area contributed by atoms with E-state index < -0.39 is 18.0 Å². The zero-order valence-corrected chi connectivity index (χ0v) is 23.1. The Balaban J connectivity index is 1.50. The summed E-state index contributed by atoms with van der Waals surface area (Å²) in [5.74, 6) is 1.18. The fraction of sp³-hybridized carbons (Fsp3) is 0.423. The maximum absolute atomic E-state index is 13.3. The summed E-state index contributed by atoms with van der Waals surface area (Å²) < 4.78 is 20.1. The zero-order valence-electron chi connectivity index (χ0n) is 22.3. The number of hydrogen-bond acceptors (Lipinski definition) is 9. The molecular formula is C26H31N7O5S. The Morgan fingerprint density at radius 2 is 2.03 bits per heavy atom. The molecule has 2 N–H and O–H groups in total. The first kappa shape index (κ1) is 26.8. The molecule has 3 aromatic rings. The lowest BCUT2D eigenvalue weighted by molar-refractivity contribution is -0.139. The normalized spacial score (nSPS) is 17.1. The first-order valence-corrected chi connectivity index (χ1v) is 13.6. The SMILES string of the molecule is CCOC(=O)C1=C(CSc2nnc(-c3ccnn3C)n2C2CC2)NC(=O)NC1c1ccc(OC)c(COC)c1. The van der Waals surface area contributed by atoms with Crippen molar-refractivity contribution in [3.8, 4) is 17.3 Å². The van der Waals surface area contributed by atoms with Gasteiger partial charge in [0.25, 0.3) is 0 Å². The van der Waals surface area contributed by atoms with Crippen LogP contribution in [0.4, 0.5) is 4.79 Å². The van der Waals surface area contributed by atoms with Crippen molar-refractivity contribution in [1.82, 2.24) is 35.2 Å². The molecule has 0 saturated heterocycles. The van der Waals surface area contributed by atoms with Gasteiger partial charge < -0.3 is 24.8 Å². The molecule has 5 rings (SSSR count). The first-order chi connectivity index (χ1) is 18.9. The molecule has 2 aromatic heterocycles. The molecule has 1 unspecified atom stereocenters. The summed E-state index contributed by atoms with van der Waals surface area (Å²) in [6, 6.07) is 6.57. The van der Waals surface area contributed by atoms with E-state index in [1.807, 2.05) is 25.2 Å². The number of benzene rings is 1. The molecule has 3 heterocycles. The van der Waals surface area contributed by atoms with E-state index in [1.54, 1.807) is 38.1 Å². The topological polar surface area (TPSA) is 134 Å². The van der Waals surface area contributed by atoms with Gasteiger partial charge in [-0.3, -0.25) is 9.25 Å². The van der Waals surface area contributed by atoms with Gasteiger partial charge >= 0.3 is 12.0 Å². The number of carbonyl (C=O) groups excluding carboxylic acids is 2. The van der Waals surface area contributed by atoms with Crippen LogP contribution in [-0.4, -0.2) is 63.1 Å². The quantitative estimate of drug-likeness (QED) is 0.271. The molecule has 2 amide bonds. The van der Waals surface area contributed by atoms with E-state index >= 15 is 0 Å². The van der Waals surface area contributed by atoms with Gasteiger partial charge in [-0.2, -0.15) is 5.10 Å². The van der Waals surface area contributed by atoms with Crippen molar-refractivity contribution in [2.45, 2.75) is 43.6 Å². The standard InChI is InChI=1S/C26H31N7O5S/c1-5-38-24(34)21-18(28-25(35)29-22(21)15-6-9-20(37-4)16(12-15)13-36-3)14-39-26-31-30-23(33(26)17-7-8-17)19-10-11-27-32(19)2/h6,9-12,17,22H,5,7-8,13-14H2,1-4H3,(H2,28,29,35). The van der Waals surface area contributed by atoms with E-state index in [-0.39, 0.29) is 12.4 Å². The number of aromatic nitrogens is 5. The highest BCUT2D eigenvalue weighted by Gasteiger charge is 2.35. The number of amides is 2. The molecule has 1 saturated carbocycles. The van der Waals surface area contributed by atoms with Crippen molar-refractivity contribution >= 4 is 23.8 Å². The maximum atomic E-state index is 13.3. The number of nitrogens with one attached hydrogen (secondary N) is 2. The third kappa shape index (κ3) is 5.50. The van der Waals surface area contributed by atoms with Gasteiger partial charge in [-0.15, -0.1) is 10.2 Å². The Hall–Kier alpha value is -3.84. The van der Waals surface area contributed by atoms with Crippen molar-refractivity contribution in [3.05, 3.63) is 52.9 Å². The Morgan fingerprint density at radius 3 is 2.69 bits per heavy atom. The van der Waals surface area contributed by atoms with Crippen LogP contribution < -0.4 is 15.4 Å². The van der Waals surface area contributed by atoms with Crippen LogP contribution in [0.15, 0.2) is 46.9 Å². The summed E-state index contributed by atoms with van der Waals surface area (Å²) in [6.45, 7) is 2.26. The Morgan fingerprint density at radius 1 is 1.21 bits per heavy atom. The monoisotopic (exact) mass is 553 g/mol. The van der Waals surface area contributed by atoms with E-state index in [9.17, 15) is 9.59 Å². The summed E-state index contributed by atoms with van der Waals surface area (Å²) >= 11 is 1.41. The molecule has 1 aromatic carbocycles. The minimum Gasteiger partial charge on any atom is -0.496 e. The molecule has 1 fully saturated rings. The third-order valence-corrected chi connectivity index (χ3v) is 7.53. The lowest BCUT2D eigenvalue weighted by Crippen LogP contribution is -2.46. The lowest BCUT2D eigenvalue weighted by Gasteiger charge is -2.29. The van der Waals surface area contributed by atoms with Gasteiger partial charge in [-0.25, -0.2) is 9.59 Å². The van der Waals surface area contributed by atoms with E-state index in [0.29, 0.717) is 40.4 Å². The summed E-state index contributed by atoms with van der Waals surface area (Å²) in [6.07, 6.45) is 3.81. The number of carbonyl (C=O) groups is 2. The highest BCUT2D eigenvalue weighted by molar-refractivity contribution is 7.99. The third-order valence-electron chi connectivity index (χ3n) is 6.56. The Bertz CT molecular complexity index is 1410. The number of nitrogens with zero attached hydrogens (tertiary/aromatic N) is 5.